The zero-order valence-electron chi connectivity index (χ0n) is 9.34. The number of aromatic hydroxyl groups is 1. The number of phenols is 1. The van der Waals surface area contributed by atoms with E-state index in [1.165, 1.54) is 0 Å². The van der Waals surface area contributed by atoms with Crippen LogP contribution in [0.5, 0.6) is 11.5 Å². The minimum absolute atomic E-state index is 0.0952. The van der Waals surface area contributed by atoms with E-state index in [4.69, 9.17) is 4.74 Å². The van der Waals surface area contributed by atoms with Crippen molar-refractivity contribution >= 4 is 17.6 Å². The summed E-state index contributed by atoms with van der Waals surface area (Å²) < 4.78 is 5.31. The van der Waals surface area contributed by atoms with Crippen LogP contribution in [0.4, 0.5) is 0 Å². The van der Waals surface area contributed by atoms with E-state index in [9.17, 15) is 9.90 Å². The lowest BCUT2D eigenvalue weighted by molar-refractivity contribution is 0.112. The molecule has 0 saturated heterocycles. The lowest BCUT2D eigenvalue weighted by Crippen LogP contribution is -1.94. The Morgan fingerprint density at radius 3 is 2.88 bits per heavy atom. The number of hydrogen-bond donors (Lipinski definition) is 1. The zero-order valence-corrected chi connectivity index (χ0v) is 10.2. The first kappa shape index (κ1) is 11.7. The summed E-state index contributed by atoms with van der Waals surface area (Å²) in [5, 5.41) is 11.8. The zero-order chi connectivity index (χ0) is 12.3. The van der Waals surface area contributed by atoms with Crippen LogP contribution in [-0.4, -0.2) is 18.0 Å². The van der Waals surface area contributed by atoms with Crippen LogP contribution in [-0.2, 0) is 0 Å². The molecule has 2 rings (SSSR count). The number of hydrogen-bond acceptors (Lipinski definition) is 4. The number of carbonyl (C=O) groups is 1. The molecule has 0 aliphatic rings. The van der Waals surface area contributed by atoms with Gasteiger partial charge in [0.1, 0.15) is 0 Å². The molecule has 0 bridgehead atoms. The van der Waals surface area contributed by atoms with Crippen molar-refractivity contribution in [3.63, 3.8) is 0 Å². The van der Waals surface area contributed by atoms with E-state index >= 15 is 0 Å². The maximum Gasteiger partial charge on any atom is 0.168 e. The number of carbonyl (C=O) groups excluding carboxylic acids is 1. The number of thiophene rings is 1. The first-order chi connectivity index (χ1) is 8.26. The van der Waals surface area contributed by atoms with Gasteiger partial charge in [-0.2, -0.15) is 0 Å². The summed E-state index contributed by atoms with van der Waals surface area (Å²) in [5.41, 5.74) is 1.13. The molecule has 1 aromatic carbocycles. The molecule has 4 heteroatoms. The van der Waals surface area contributed by atoms with Crippen molar-refractivity contribution in [2.24, 2.45) is 0 Å². The largest absolute Gasteiger partial charge is 0.504 e. The Bertz CT molecular complexity index is 518. The van der Waals surface area contributed by atoms with Crippen molar-refractivity contribution in [2.75, 3.05) is 6.61 Å². The quantitative estimate of drug-likeness (QED) is 0.844. The van der Waals surface area contributed by atoms with Crippen LogP contribution in [0.3, 0.4) is 0 Å². The fourth-order valence-electron chi connectivity index (χ4n) is 1.57. The van der Waals surface area contributed by atoms with Gasteiger partial charge in [-0.05, 0) is 36.1 Å². The van der Waals surface area contributed by atoms with Crippen LogP contribution >= 0.6 is 11.3 Å². The predicted octanol–water partition coefficient (Wildman–Crippen LogP) is 3.33. The van der Waals surface area contributed by atoms with E-state index < -0.39 is 0 Å². The maximum absolute atomic E-state index is 10.9. The number of ether oxygens (including phenoxy) is 1. The Kier molecular flexibility index (Phi) is 3.44. The Morgan fingerprint density at radius 1 is 1.47 bits per heavy atom. The van der Waals surface area contributed by atoms with Gasteiger partial charge in [0, 0.05) is 4.88 Å². The molecule has 3 nitrogen and oxygen atoms in total. The highest BCUT2D eigenvalue weighted by Crippen LogP contribution is 2.36. The van der Waals surface area contributed by atoms with Gasteiger partial charge in [0.25, 0.3) is 0 Å². The first-order valence-electron chi connectivity index (χ1n) is 5.25. The average molecular weight is 248 g/mol. The standard InChI is InChI=1S/C13H12O3S/c1-2-16-11-7-9(12-4-3-5-17-12)6-10(8-14)13(11)15/h3-8,15H,2H2,1H3. The van der Waals surface area contributed by atoms with E-state index in [0.29, 0.717) is 18.6 Å². The van der Waals surface area contributed by atoms with Crippen LogP contribution < -0.4 is 4.74 Å². The molecule has 2 aromatic rings. The van der Waals surface area contributed by atoms with E-state index in [2.05, 4.69) is 0 Å². The third-order valence-corrected chi connectivity index (χ3v) is 3.26. The van der Waals surface area contributed by atoms with E-state index in [-0.39, 0.29) is 11.3 Å². The van der Waals surface area contributed by atoms with Gasteiger partial charge in [-0.3, -0.25) is 4.79 Å². The van der Waals surface area contributed by atoms with Crippen LogP contribution in [0.25, 0.3) is 10.4 Å². The SMILES string of the molecule is CCOc1cc(-c2cccs2)cc(C=O)c1O. The molecule has 0 amide bonds. The molecular formula is C13H12O3S. The number of benzene rings is 1. The Labute approximate surface area is 103 Å². The Balaban J connectivity index is 2.54. The molecule has 0 fully saturated rings. The summed E-state index contributed by atoms with van der Waals surface area (Å²) in [5.74, 6) is 0.252. The highest BCUT2D eigenvalue weighted by molar-refractivity contribution is 7.13. The average Bonchev–Trinajstić information content (AvgIpc) is 2.85. The van der Waals surface area contributed by atoms with Gasteiger partial charge in [-0.15, -0.1) is 11.3 Å². The van der Waals surface area contributed by atoms with Crippen molar-refractivity contribution in [1.82, 2.24) is 0 Å². The Hall–Kier alpha value is -1.81. The van der Waals surface area contributed by atoms with Crippen molar-refractivity contribution in [3.05, 3.63) is 35.2 Å². The highest BCUT2D eigenvalue weighted by atomic mass is 32.1. The molecule has 0 unspecified atom stereocenters. The maximum atomic E-state index is 10.9. The molecular weight excluding hydrogens is 236 g/mol. The van der Waals surface area contributed by atoms with Crippen LogP contribution in [0, 0.1) is 0 Å². The molecule has 0 aliphatic heterocycles. The van der Waals surface area contributed by atoms with Crippen molar-refractivity contribution < 1.29 is 14.6 Å². The molecule has 1 N–H and O–H groups in total. The molecule has 88 valence electrons. The topological polar surface area (TPSA) is 46.5 Å². The Morgan fingerprint density at radius 2 is 2.29 bits per heavy atom. The minimum Gasteiger partial charge on any atom is -0.504 e. The van der Waals surface area contributed by atoms with Gasteiger partial charge < -0.3 is 9.84 Å². The summed E-state index contributed by atoms with van der Waals surface area (Å²) in [6, 6.07) is 7.31. The number of phenolic OH excluding ortho intramolecular Hbond substituents is 1. The van der Waals surface area contributed by atoms with Crippen LogP contribution in [0.2, 0.25) is 0 Å². The first-order valence-corrected chi connectivity index (χ1v) is 6.13. The molecule has 0 saturated carbocycles. The predicted molar refractivity (Wildman–Crippen MR) is 68.0 cm³/mol. The molecule has 0 atom stereocenters. The molecule has 17 heavy (non-hydrogen) atoms. The van der Waals surface area contributed by atoms with Crippen LogP contribution in [0.1, 0.15) is 17.3 Å². The molecule has 0 spiro atoms. The van der Waals surface area contributed by atoms with Gasteiger partial charge >= 0.3 is 0 Å². The summed E-state index contributed by atoms with van der Waals surface area (Å²) in [7, 11) is 0. The van der Waals surface area contributed by atoms with Gasteiger partial charge in [-0.1, -0.05) is 6.07 Å². The number of rotatable bonds is 4. The summed E-state index contributed by atoms with van der Waals surface area (Å²) in [6.45, 7) is 2.28. The molecule has 1 aromatic heterocycles. The second-order valence-corrected chi connectivity index (χ2v) is 4.39. The fourth-order valence-corrected chi connectivity index (χ4v) is 2.28. The molecule has 1 heterocycles. The molecule has 0 radical (unpaired) electrons. The summed E-state index contributed by atoms with van der Waals surface area (Å²) >= 11 is 1.57. The summed E-state index contributed by atoms with van der Waals surface area (Å²) in [4.78, 5) is 11.9. The monoisotopic (exact) mass is 248 g/mol. The normalized spacial score (nSPS) is 10.2. The van der Waals surface area contributed by atoms with Crippen molar-refractivity contribution in [1.29, 1.82) is 0 Å². The van der Waals surface area contributed by atoms with Crippen molar-refractivity contribution in [2.45, 2.75) is 6.92 Å². The fraction of sp³-hybridized carbons (Fsp3) is 0.154. The van der Waals surface area contributed by atoms with Gasteiger partial charge in [0.2, 0.25) is 0 Å². The third kappa shape index (κ3) is 2.31. The summed E-state index contributed by atoms with van der Waals surface area (Å²) in [6.07, 6.45) is 0.634. The lowest BCUT2D eigenvalue weighted by atomic mass is 10.1. The minimum atomic E-state index is -0.0952. The van der Waals surface area contributed by atoms with Crippen LogP contribution in [0.15, 0.2) is 29.6 Å². The third-order valence-electron chi connectivity index (χ3n) is 2.34. The highest BCUT2D eigenvalue weighted by Gasteiger charge is 2.11. The second kappa shape index (κ2) is 5.01. The van der Waals surface area contributed by atoms with Gasteiger partial charge in [-0.25, -0.2) is 0 Å². The number of aldehydes is 1. The van der Waals surface area contributed by atoms with Crippen molar-refractivity contribution in [3.8, 4) is 21.9 Å². The smallest absolute Gasteiger partial charge is 0.168 e. The van der Waals surface area contributed by atoms with E-state index in [0.717, 1.165) is 10.4 Å². The van der Waals surface area contributed by atoms with E-state index in [1.54, 1.807) is 23.5 Å². The van der Waals surface area contributed by atoms with E-state index in [1.807, 2.05) is 24.4 Å². The lowest BCUT2D eigenvalue weighted by Gasteiger charge is -2.09. The van der Waals surface area contributed by atoms with Gasteiger partial charge in [0.05, 0.1) is 12.2 Å². The second-order valence-electron chi connectivity index (χ2n) is 3.44. The van der Waals surface area contributed by atoms with Gasteiger partial charge in [0.15, 0.2) is 17.8 Å². The molecule has 0 aliphatic carbocycles.